The SMILES string of the molecule is COCCCNC(=O)/C(C#N)=C1\N=C(NC(=O)c2ccco2)c2ccccc21. The van der Waals surface area contributed by atoms with Crippen LogP contribution in [0.1, 0.15) is 28.1 Å². The molecular weight excluding hydrogens is 360 g/mol. The summed E-state index contributed by atoms with van der Waals surface area (Å²) in [5, 5.41) is 14.9. The van der Waals surface area contributed by atoms with Gasteiger partial charge in [0, 0.05) is 31.4 Å². The number of methoxy groups -OCH3 is 1. The number of carbonyl (C=O) groups excluding carboxylic acids is 2. The lowest BCUT2D eigenvalue weighted by Crippen LogP contribution is -2.30. The number of hydrogen-bond acceptors (Lipinski definition) is 6. The van der Waals surface area contributed by atoms with Crippen LogP contribution in [0.3, 0.4) is 0 Å². The summed E-state index contributed by atoms with van der Waals surface area (Å²) in [6.07, 6.45) is 2.02. The molecule has 0 spiro atoms. The summed E-state index contributed by atoms with van der Waals surface area (Å²) in [5.41, 5.74) is 1.32. The first-order chi connectivity index (χ1) is 13.7. The van der Waals surface area contributed by atoms with E-state index in [1.807, 2.05) is 6.07 Å². The minimum Gasteiger partial charge on any atom is -0.459 e. The van der Waals surface area contributed by atoms with Gasteiger partial charge in [0.2, 0.25) is 0 Å². The lowest BCUT2D eigenvalue weighted by Gasteiger charge is -2.06. The Morgan fingerprint density at radius 3 is 2.68 bits per heavy atom. The topological polar surface area (TPSA) is 117 Å². The number of benzene rings is 1. The normalized spacial score (nSPS) is 13.9. The van der Waals surface area contributed by atoms with Crippen LogP contribution in [0.25, 0.3) is 5.70 Å². The minimum atomic E-state index is -0.522. The smallest absolute Gasteiger partial charge is 0.292 e. The van der Waals surface area contributed by atoms with Gasteiger partial charge in [-0.2, -0.15) is 5.26 Å². The predicted molar refractivity (Wildman–Crippen MR) is 101 cm³/mol. The molecule has 0 aliphatic carbocycles. The Kier molecular flexibility index (Phi) is 5.99. The summed E-state index contributed by atoms with van der Waals surface area (Å²) in [7, 11) is 1.58. The number of amidine groups is 1. The second-order valence-corrected chi connectivity index (χ2v) is 5.88. The number of nitriles is 1. The molecule has 1 aliphatic rings. The summed E-state index contributed by atoms with van der Waals surface area (Å²) in [6, 6.07) is 12.1. The van der Waals surface area contributed by atoms with E-state index >= 15 is 0 Å². The number of nitrogens with zero attached hydrogens (tertiary/aromatic N) is 2. The van der Waals surface area contributed by atoms with Crippen LogP contribution in [0.2, 0.25) is 0 Å². The Balaban J connectivity index is 1.90. The fraction of sp³-hybridized carbons (Fsp3) is 0.200. The quantitative estimate of drug-likeness (QED) is 0.452. The lowest BCUT2D eigenvalue weighted by atomic mass is 10.0. The number of fused-ring (bicyclic) bond motifs is 1. The maximum absolute atomic E-state index is 12.4. The second kappa shape index (κ2) is 8.79. The van der Waals surface area contributed by atoms with Crippen LogP contribution in [0, 0.1) is 11.3 Å². The number of rotatable bonds is 6. The summed E-state index contributed by atoms with van der Waals surface area (Å²) in [5.74, 6) is -0.603. The van der Waals surface area contributed by atoms with E-state index in [0.29, 0.717) is 30.7 Å². The van der Waals surface area contributed by atoms with Crippen molar-refractivity contribution in [1.29, 1.82) is 5.26 Å². The van der Waals surface area contributed by atoms with E-state index in [1.165, 1.54) is 12.3 Å². The summed E-state index contributed by atoms with van der Waals surface area (Å²) in [4.78, 5) is 29.1. The van der Waals surface area contributed by atoms with Crippen molar-refractivity contribution in [3.05, 3.63) is 65.1 Å². The van der Waals surface area contributed by atoms with E-state index in [-0.39, 0.29) is 22.9 Å². The van der Waals surface area contributed by atoms with E-state index in [1.54, 1.807) is 37.4 Å². The maximum atomic E-state index is 12.4. The van der Waals surface area contributed by atoms with E-state index in [9.17, 15) is 14.9 Å². The molecular formula is C20H18N4O4. The zero-order valence-electron chi connectivity index (χ0n) is 15.2. The Labute approximate surface area is 161 Å². The number of aliphatic imine (C=N–C) groups is 1. The van der Waals surface area contributed by atoms with Crippen LogP contribution in [0.4, 0.5) is 0 Å². The van der Waals surface area contributed by atoms with E-state index in [2.05, 4.69) is 15.6 Å². The Morgan fingerprint density at radius 2 is 2.00 bits per heavy atom. The van der Waals surface area contributed by atoms with E-state index in [0.717, 1.165) is 0 Å². The molecule has 0 fully saturated rings. The third-order valence-corrected chi connectivity index (χ3v) is 4.02. The standard InChI is InChI=1S/C20H18N4O4/c1-27-10-5-9-22-19(25)15(12-21)17-13-6-2-3-7-14(13)18(23-17)24-20(26)16-8-4-11-28-16/h2-4,6-8,11H,5,9-10H2,1H3,(H,22,25)(H,23,24,26)/b17-15-. The molecule has 28 heavy (non-hydrogen) atoms. The van der Waals surface area contributed by atoms with Crippen molar-refractivity contribution in [2.24, 2.45) is 4.99 Å². The number of ether oxygens (including phenoxy) is 1. The molecule has 8 heteroatoms. The minimum absolute atomic E-state index is 0.118. The van der Waals surface area contributed by atoms with E-state index in [4.69, 9.17) is 9.15 Å². The molecule has 2 aromatic rings. The van der Waals surface area contributed by atoms with Gasteiger partial charge in [0.1, 0.15) is 17.5 Å². The molecule has 2 heterocycles. The second-order valence-electron chi connectivity index (χ2n) is 5.88. The molecule has 2 amide bonds. The third-order valence-electron chi connectivity index (χ3n) is 4.02. The number of amides is 2. The largest absolute Gasteiger partial charge is 0.459 e. The lowest BCUT2D eigenvalue weighted by molar-refractivity contribution is -0.117. The van der Waals surface area contributed by atoms with Gasteiger partial charge in [0.25, 0.3) is 11.8 Å². The van der Waals surface area contributed by atoms with Gasteiger partial charge in [-0.05, 0) is 18.6 Å². The molecule has 1 aromatic heterocycles. The highest BCUT2D eigenvalue weighted by molar-refractivity contribution is 6.20. The van der Waals surface area contributed by atoms with Crippen LogP contribution < -0.4 is 10.6 Å². The fourth-order valence-electron chi connectivity index (χ4n) is 2.71. The molecule has 142 valence electrons. The number of carbonyl (C=O) groups is 2. The zero-order valence-corrected chi connectivity index (χ0v) is 15.2. The first-order valence-electron chi connectivity index (χ1n) is 8.60. The van der Waals surface area contributed by atoms with Crippen LogP contribution >= 0.6 is 0 Å². The highest BCUT2D eigenvalue weighted by atomic mass is 16.5. The van der Waals surface area contributed by atoms with Crippen molar-refractivity contribution < 1.29 is 18.7 Å². The van der Waals surface area contributed by atoms with Crippen LogP contribution in [0.5, 0.6) is 0 Å². The molecule has 0 saturated carbocycles. The van der Waals surface area contributed by atoms with Crippen molar-refractivity contribution in [2.45, 2.75) is 6.42 Å². The van der Waals surface area contributed by atoms with E-state index < -0.39 is 11.8 Å². The van der Waals surface area contributed by atoms with Crippen LogP contribution in [-0.2, 0) is 9.53 Å². The molecule has 0 bridgehead atoms. The van der Waals surface area contributed by atoms with Gasteiger partial charge < -0.3 is 19.8 Å². The third kappa shape index (κ3) is 4.00. The molecule has 8 nitrogen and oxygen atoms in total. The number of furan rings is 1. The summed E-state index contributed by atoms with van der Waals surface area (Å²) < 4.78 is 10.0. The first kappa shape index (κ1) is 19.1. The highest BCUT2D eigenvalue weighted by Gasteiger charge is 2.27. The zero-order chi connectivity index (χ0) is 19.9. The molecule has 0 atom stereocenters. The summed E-state index contributed by atoms with van der Waals surface area (Å²) in [6.45, 7) is 0.876. The highest BCUT2D eigenvalue weighted by Crippen LogP contribution is 2.30. The predicted octanol–water partition coefficient (Wildman–Crippen LogP) is 1.86. The molecule has 2 N–H and O–H groups in total. The van der Waals surface area contributed by atoms with Crippen molar-refractivity contribution in [3.8, 4) is 6.07 Å². The Hall–Kier alpha value is -3.70. The van der Waals surface area contributed by atoms with Gasteiger partial charge in [0.05, 0.1) is 12.0 Å². The van der Waals surface area contributed by atoms with Gasteiger partial charge in [0.15, 0.2) is 5.76 Å². The van der Waals surface area contributed by atoms with Gasteiger partial charge >= 0.3 is 0 Å². The maximum Gasteiger partial charge on any atom is 0.292 e. The van der Waals surface area contributed by atoms with Crippen molar-refractivity contribution >= 4 is 23.3 Å². The molecule has 0 saturated heterocycles. The molecule has 1 aliphatic heterocycles. The fourth-order valence-corrected chi connectivity index (χ4v) is 2.71. The summed E-state index contributed by atoms with van der Waals surface area (Å²) >= 11 is 0. The molecule has 0 unspecified atom stereocenters. The first-order valence-corrected chi connectivity index (χ1v) is 8.60. The number of hydrogen-bond donors (Lipinski definition) is 2. The van der Waals surface area contributed by atoms with Crippen molar-refractivity contribution in [1.82, 2.24) is 10.6 Å². The Bertz CT molecular complexity index is 984. The van der Waals surface area contributed by atoms with Gasteiger partial charge in [-0.1, -0.05) is 24.3 Å². The average molecular weight is 378 g/mol. The average Bonchev–Trinajstić information content (AvgIpc) is 3.36. The van der Waals surface area contributed by atoms with Crippen LogP contribution in [0.15, 0.2) is 57.6 Å². The van der Waals surface area contributed by atoms with Gasteiger partial charge in [-0.3, -0.25) is 9.59 Å². The van der Waals surface area contributed by atoms with Gasteiger partial charge in [-0.25, -0.2) is 4.99 Å². The van der Waals surface area contributed by atoms with Crippen molar-refractivity contribution in [3.63, 3.8) is 0 Å². The molecule has 3 rings (SSSR count). The number of nitrogens with one attached hydrogen (secondary N) is 2. The molecule has 0 radical (unpaired) electrons. The van der Waals surface area contributed by atoms with Gasteiger partial charge in [-0.15, -0.1) is 0 Å². The Morgan fingerprint density at radius 1 is 1.21 bits per heavy atom. The molecule has 1 aromatic carbocycles. The van der Waals surface area contributed by atoms with Crippen molar-refractivity contribution in [2.75, 3.05) is 20.3 Å². The monoisotopic (exact) mass is 378 g/mol. The van der Waals surface area contributed by atoms with Crippen LogP contribution in [-0.4, -0.2) is 37.9 Å².